The average molecular weight is 453 g/mol. The zero-order chi connectivity index (χ0) is 23.0. The highest BCUT2D eigenvalue weighted by Gasteiger charge is 2.54. The monoisotopic (exact) mass is 452 g/mol. The van der Waals surface area contributed by atoms with Crippen molar-refractivity contribution in [1.29, 1.82) is 5.26 Å². The topological polar surface area (TPSA) is 108 Å². The number of nitrogens with zero attached hydrogens (tertiary/aromatic N) is 8. The molecule has 8 rings (SSSR count). The zero-order valence-corrected chi connectivity index (χ0v) is 18.8. The highest BCUT2D eigenvalue weighted by Crippen LogP contribution is 2.52. The number of anilines is 1. The third kappa shape index (κ3) is 2.88. The van der Waals surface area contributed by atoms with Gasteiger partial charge in [0.05, 0.1) is 47.2 Å². The number of nitriles is 1. The van der Waals surface area contributed by atoms with E-state index < -0.39 is 5.60 Å². The number of aliphatic hydroxyl groups is 1. The molecule has 9 heteroatoms. The van der Waals surface area contributed by atoms with Gasteiger partial charge in [-0.3, -0.25) is 9.67 Å². The molecule has 4 fully saturated rings. The van der Waals surface area contributed by atoms with Gasteiger partial charge in [-0.2, -0.15) is 15.5 Å². The van der Waals surface area contributed by atoms with Crippen LogP contribution in [0.25, 0.3) is 27.9 Å². The molecule has 2 atom stereocenters. The molecule has 170 valence electrons. The first-order valence-corrected chi connectivity index (χ1v) is 11.7. The van der Waals surface area contributed by atoms with Gasteiger partial charge in [-0.15, -0.1) is 0 Å². The molecule has 4 aromatic heterocycles. The number of aryl methyl sites for hydroxylation is 1. The second-order valence-corrected chi connectivity index (χ2v) is 10.2. The standard InChI is InChI=1S/C25H24N8O/c1-31-13-18(10-29-31)16-4-21(24-17(8-26)9-30-32(24)14-16)22-11-28-23(12-27-22)33-19-2-15-3-20(33)7-25(34,5-15)6-19/h4,9-15,19-20,34H,2-3,5-7H2,1H3. The molecular formula is C25H24N8O. The van der Waals surface area contributed by atoms with Crippen molar-refractivity contribution in [1.82, 2.24) is 29.4 Å². The number of fused-ring (bicyclic) bond motifs is 1. The molecule has 0 amide bonds. The first kappa shape index (κ1) is 19.7. The molecule has 2 unspecified atom stereocenters. The Bertz CT molecular complexity index is 1450. The lowest BCUT2D eigenvalue weighted by molar-refractivity contribution is -0.0872. The molecule has 0 spiro atoms. The predicted molar refractivity (Wildman–Crippen MR) is 125 cm³/mol. The average Bonchev–Trinajstić information content (AvgIpc) is 3.43. The molecule has 9 nitrogen and oxygen atoms in total. The van der Waals surface area contributed by atoms with Crippen LogP contribution in [-0.2, 0) is 7.05 Å². The smallest absolute Gasteiger partial charge is 0.147 e. The van der Waals surface area contributed by atoms with Crippen molar-refractivity contribution >= 4 is 11.3 Å². The van der Waals surface area contributed by atoms with Crippen LogP contribution in [0, 0.1) is 17.2 Å². The fourth-order valence-electron chi connectivity index (χ4n) is 6.68. The van der Waals surface area contributed by atoms with Crippen LogP contribution in [0.5, 0.6) is 0 Å². The van der Waals surface area contributed by atoms with Crippen molar-refractivity contribution in [2.24, 2.45) is 13.0 Å². The highest BCUT2D eigenvalue weighted by atomic mass is 16.3. The highest BCUT2D eigenvalue weighted by molar-refractivity contribution is 5.86. The van der Waals surface area contributed by atoms with E-state index in [2.05, 4.69) is 21.2 Å². The molecule has 0 aromatic carbocycles. The normalized spacial score (nSPS) is 27.4. The van der Waals surface area contributed by atoms with Gasteiger partial charge in [0.15, 0.2) is 0 Å². The maximum atomic E-state index is 10.9. The van der Waals surface area contributed by atoms with Crippen molar-refractivity contribution in [3.63, 3.8) is 0 Å². The lowest BCUT2D eigenvalue weighted by Crippen LogP contribution is -2.64. The lowest BCUT2D eigenvalue weighted by atomic mass is 9.61. The van der Waals surface area contributed by atoms with Crippen LogP contribution < -0.4 is 4.90 Å². The van der Waals surface area contributed by atoms with Gasteiger partial charge in [0.2, 0.25) is 0 Å². The Morgan fingerprint density at radius 1 is 1.00 bits per heavy atom. The Kier molecular flexibility index (Phi) is 3.98. The van der Waals surface area contributed by atoms with E-state index in [4.69, 9.17) is 9.97 Å². The van der Waals surface area contributed by atoms with Crippen LogP contribution in [-0.4, -0.2) is 52.2 Å². The Morgan fingerprint density at radius 2 is 1.82 bits per heavy atom. The fourth-order valence-corrected chi connectivity index (χ4v) is 6.68. The van der Waals surface area contributed by atoms with E-state index in [0.29, 0.717) is 34.8 Å². The van der Waals surface area contributed by atoms with Gasteiger partial charge < -0.3 is 10.0 Å². The lowest BCUT2D eigenvalue weighted by Gasteiger charge is -2.60. The maximum absolute atomic E-state index is 10.9. The van der Waals surface area contributed by atoms with Gasteiger partial charge in [-0.1, -0.05) is 0 Å². The molecule has 4 bridgehead atoms. The third-order valence-corrected chi connectivity index (χ3v) is 7.85. The van der Waals surface area contributed by atoms with Gasteiger partial charge in [-0.25, -0.2) is 9.50 Å². The number of hydrogen-bond acceptors (Lipinski definition) is 7. The first-order valence-electron chi connectivity index (χ1n) is 11.7. The summed E-state index contributed by atoms with van der Waals surface area (Å²) in [4.78, 5) is 12.0. The minimum absolute atomic E-state index is 0.331. The molecule has 4 aromatic rings. The van der Waals surface area contributed by atoms with Crippen molar-refractivity contribution in [2.45, 2.75) is 49.8 Å². The Morgan fingerprint density at radius 3 is 2.47 bits per heavy atom. The van der Waals surface area contributed by atoms with Crippen molar-refractivity contribution in [3.8, 4) is 28.5 Å². The summed E-state index contributed by atoms with van der Waals surface area (Å²) in [5.74, 6) is 1.50. The quantitative estimate of drug-likeness (QED) is 0.509. The van der Waals surface area contributed by atoms with E-state index in [0.717, 1.165) is 54.6 Å². The van der Waals surface area contributed by atoms with E-state index in [9.17, 15) is 10.4 Å². The largest absolute Gasteiger partial charge is 0.390 e. The van der Waals surface area contributed by atoms with Gasteiger partial charge >= 0.3 is 0 Å². The molecule has 0 radical (unpaired) electrons. The zero-order valence-electron chi connectivity index (χ0n) is 18.8. The van der Waals surface area contributed by atoms with Crippen LogP contribution in [0.2, 0.25) is 0 Å². The number of aromatic nitrogens is 6. The van der Waals surface area contributed by atoms with Gasteiger partial charge in [0.1, 0.15) is 11.9 Å². The Balaban J connectivity index is 1.30. The van der Waals surface area contributed by atoms with Crippen molar-refractivity contribution in [2.75, 3.05) is 4.90 Å². The summed E-state index contributed by atoms with van der Waals surface area (Å²) in [7, 11) is 1.88. The van der Waals surface area contributed by atoms with Crippen LogP contribution in [0.1, 0.15) is 37.7 Å². The molecular weight excluding hydrogens is 428 g/mol. The van der Waals surface area contributed by atoms with E-state index in [1.54, 1.807) is 21.6 Å². The SMILES string of the molecule is Cn1cc(-c2cc(-c3cnc(N4C5CC6CC4CC(O)(C6)C5)cn3)c3c(C#N)cnn3c2)cn1. The number of hydrogen-bond donors (Lipinski definition) is 1. The molecule has 2 aliphatic carbocycles. The fraction of sp³-hybridized carbons (Fsp3) is 0.400. The Labute approximate surface area is 196 Å². The number of rotatable bonds is 3. The summed E-state index contributed by atoms with van der Waals surface area (Å²) < 4.78 is 3.49. The number of piperidine rings is 2. The minimum Gasteiger partial charge on any atom is -0.390 e. The third-order valence-electron chi connectivity index (χ3n) is 7.85. The molecule has 2 aliphatic heterocycles. The number of pyridine rings is 1. The van der Waals surface area contributed by atoms with E-state index in [-0.39, 0.29) is 0 Å². The molecule has 1 N–H and O–H groups in total. The second kappa shape index (κ2) is 6.87. The molecule has 4 aliphatic rings. The molecule has 34 heavy (non-hydrogen) atoms. The first-order chi connectivity index (χ1) is 16.5. The molecule has 6 heterocycles. The summed E-state index contributed by atoms with van der Waals surface area (Å²) in [6.45, 7) is 0. The summed E-state index contributed by atoms with van der Waals surface area (Å²) in [6.07, 6.45) is 15.7. The van der Waals surface area contributed by atoms with Crippen molar-refractivity contribution < 1.29 is 5.11 Å². The molecule has 2 saturated heterocycles. The molecule has 2 saturated carbocycles. The summed E-state index contributed by atoms with van der Waals surface area (Å²) in [5, 5.41) is 29.3. The van der Waals surface area contributed by atoms with Crippen molar-refractivity contribution in [3.05, 3.63) is 48.8 Å². The van der Waals surface area contributed by atoms with E-state index in [1.807, 2.05) is 37.9 Å². The van der Waals surface area contributed by atoms with Crippen LogP contribution in [0.4, 0.5) is 5.82 Å². The predicted octanol–water partition coefficient (Wildman–Crippen LogP) is 2.95. The van der Waals surface area contributed by atoms with Gasteiger partial charge in [-0.05, 0) is 44.1 Å². The minimum atomic E-state index is -0.492. The van der Waals surface area contributed by atoms with Crippen LogP contribution in [0.15, 0.2) is 43.2 Å². The van der Waals surface area contributed by atoms with Crippen LogP contribution in [0.3, 0.4) is 0 Å². The van der Waals surface area contributed by atoms with Gasteiger partial charge in [0, 0.05) is 48.2 Å². The summed E-state index contributed by atoms with van der Waals surface area (Å²) >= 11 is 0. The maximum Gasteiger partial charge on any atom is 0.147 e. The van der Waals surface area contributed by atoms with E-state index in [1.165, 1.54) is 0 Å². The van der Waals surface area contributed by atoms with E-state index >= 15 is 0 Å². The van der Waals surface area contributed by atoms with Crippen LogP contribution >= 0.6 is 0 Å². The summed E-state index contributed by atoms with van der Waals surface area (Å²) in [6, 6.07) is 4.93. The second-order valence-electron chi connectivity index (χ2n) is 10.2. The van der Waals surface area contributed by atoms with Gasteiger partial charge in [0.25, 0.3) is 0 Å². The Hall–Kier alpha value is -3.77. The summed E-state index contributed by atoms with van der Waals surface area (Å²) in [5.41, 5.74) is 4.12.